The summed E-state index contributed by atoms with van der Waals surface area (Å²) in [5.74, 6) is -0.0871. The molecule has 0 bridgehead atoms. The van der Waals surface area contributed by atoms with Gasteiger partial charge in [0.05, 0.1) is 11.8 Å². The lowest BCUT2D eigenvalue weighted by atomic mass is 10.1. The van der Waals surface area contributed by atoms with Gasteiger partial charge in [0.1, 0.15) is 6.33 Å². The molecule has 0 saturated carbocycles. The number of aromatic nitrogens is 4. The van der Waals surface area contributed by atoms with Gasteiger partial charge in [0.2, 0.25) is 0 Å². The van der Waals surface area contributed by atoms with Crippen molar-refractivity contribution in [2.75, 3.05) is 13.2 Å². The molecule has 0 unspecified atom stereocenters. The first-order chi connectivity index (χ1) is 10.6. The molecule has 1 aromatic carbocycles. The number of hydrogen-bond donors (Lipinski definition) is 1. The molecule has 2 aromatic rings. The van der Waals surface area contributed by atoms with Crippen LogP contribution in [0.1, 0.15) is 36.2 Å². The molecule has 2 rings (SSSR count). The number of ether oxygens (including phenoxy) is 1. The fraction of sp³-hybridized carbons (Fsp3) is 0.467. The van der Waals surface area contributed by atoms with E-state index in [1.54, 1.807) is 10.7 Å². The van der Waals surface area contributed by atoms with Crippen LogP contribution in [0.15, 0.2) is 24.5 Å². The van der Waals surface area contributed by atoms with Crippen LogP contribution in [-0.4, -0.2) is 45.4 Å². The lowest BCUT2D eigenvalue weighted by molar-refractivity contribution is 0.0757. The van der Waals surface area contributed by atoms with Gasteiger partial charge in [-0.15, -0.1) is 5.10 Å². The highest BCUT2D eigenvalue weighted by molar-refractivity contribution is 5.94. The van der Waals surface area contributed by atoms with E-state index in [0.717, 1.165) is 17.7 Å². The van der Waals surface area contributed by atoms with E-state index in [-0.39, 0.29) is 12.0 Å². The van der Waals surface area contributed by atoms with Gasteiger partial charge >= 0.3 is 0 Å². The lowest BCUT2D eigenvalue weighted by Gasteiger charge is -2.10. The van der Waals surface area contributed by atoms with Gasteiger partial charge < -0.3 is 10.1 Å². The summed E-state index contributed by atoms with van der Waals surface area (Å²) in [4.78, 5) is 12.1. The Labute approximate surface area is 129 Å². The summed E-state index contributed by atoms with van der Waals surface area (Å²) in [6.45, 7) is 7.15. The van der Waals surface area contributed by atoms with Crippen LogP contribution in [-0.2, 0) is 4.74 Å². The highest BCUT2D eigenvalue weighted by atomic mass is 16.5. The molecule has 1 aromatic heterocycles. The zero-order valence-electron chi connectivity index (χ0n) is 13.1. The number of hydrogen-bond acceptors (Lipinski definition) is 5. The van der Waals surface area contributed by atoms with Crippen molar-refractivity contribution >= 4 is 5.91 Å². The number of amides is 1. The third kappa shape index (κ3) is 4.36. The molecule has 7 heteroatoms. The van der Waals surface area contributed by atoms with E-state index in [9.17, 15) is 4.79 Å². The normalized spacial score (nSPS) is 10.9. The van der Waals surface area contributed by atoms with Crippen LogP contribution < -0.4 is 5.32 Å². The molecule has 0 aliphatic rings. The number of rotatable bonds is 7. The number of nitrogens with one attached hydrogen (secondary N) is 1. The van der Waals surface area contributed by atoms with Gasteiger partial charge in [0.15, 0.2) is 0 Å². The maximum absolute atomic E-state index is 12.1. The quantitative estimate of drug-likeness (QED) is 0.784. The molecule has 7 nitrogen and oxygen atoms in total. The first-order valence-electron chi connectivity index (χ1n) is 7.31. The Morgan fingerprint density at radius 2 is 2.23 bits per heavy atom. The van der Waals surface area contributed by atoms with E-state index in [1.165, 1.54) is 6.33 Å². The average molecular weight is 303 g/mol. The van der Waals surface area contributed by atoms with Gasteiger partial charge in [-0.3, -0.25) is 4.79 Å². The van der Waals surface area contributed by atoms with E-state index in [2.05, 4.69) is 20.8 Å². The molecule has 0 atom stereocenters. The zero-order valence-corrected chi connectivity index (χ0v) is 13.1. The molecule has 0 spiro atoms. The van der Waals surface area contributed by atoms with E-state index in [4.69, 9.17) is 4.74 Å². The van der Waals surface area contributed by atoms with Crippen LogP contribution in [0.3, 0.4) is 0 Å². The third-order valence-electron chi connectivity index (χ3n) is 3.11. The summed E-state index contributed by atoms with van der Waals surface area (Å²) in [6, 6.07) is 5.43. The summed E-state index contributed by atoms with van der Waals surface area (Å²) >= 11 is 0. The number of nitrogens with zero attached hydrogens (tertiary/aromatic N) is 4. The summed E-state index contributed by atoms with van der Waals surface area (Å²) in [5.41, 5.74) is 2.41. The molecule has 1 N–H and O–H groups in total. The molecular formula is C15H21N5O2. The number of carbonyl (C=O) groups is 1. The summed E-state index contributed by atoms with van der Waals surface area (Å²) in [7, 11) is 0. The van der Waals surface area contributed by atoms with Crippen molar-refractivity contribution in [1.29, 1.82) is 0 Å². The van der Waals surface area contributed by atoms with E-state index < -0.39 is 0 Å². The fourth-order valence-electron chi connectivity index (χ4n) is 2.02. The predicted octanol–water partition coefficient (Wildman–Crippen LogP) is 1.52. The molecule has 22 heavy (non-hydrogen) atoms. The fourth-order valence-corrected chi connectivity index (χ4v) is 2.02. The Morgan fingerprint density at radius 3 is 2.86 bits per heavy atom. The molecule has 0 aliphatic carbocycles. The van der Waals surface area contributed by atoms with Crippen molar-refractivity contribution in [3.63, 3.8) is 0 Å². The molecule has 0 saturated heterocycles. The molecule has 0 radical (unpaired) electrons. The Hall–Kier alpha value is -2.28. The highest BCUT2D eigenvalue weighted by Crippen LogP contribution is 2.14. The largest absolute Gasteiger partial charge is 0.379 e. The maximum atomic E-state index is 12.1. The van der Waals surface area contributed by atoms with Crippen molar-refractivity contribution in [2.24, 2.45) is 0 Å². The first kappa shape index (κ1) is 16.1. The van der Waals surface area contributed by atoms with Gasteiger partial charge in [-0.2, -0.15) is 0 Å². The number of aryl methyl sites for hydroxylation is 1. The molecule has 118 valence electrons. The van der Waals surface area contributed by atoms with Crippen LogP contribution in [0.2, 0.25) is 0 Å². The Kier molecular flexibility index (Phi) is 5.60. The van der Waals surface area contributed by atoms with Crippen molar-refractivity contribution in [1.82, 2.24) is 25.5 Å². The standard InChI is InChI=1S/C15H21N5O2/c1-11(2)22-8-4-7-16-15(21)13-5-6-14(12(3)9-13)20-10-17-18-19-20/h5-6,9-11H,4,7-8H2,1-3H3,(H,16,21). The minimum atomic E-state index is -0.0871. The van der Waals surface area contributed by atoms with Crippen LogP contribution in [0.5, 0.6) is 0 Å². The Bertz CT molecular complexity index is 610. The molecule has 0 fully saturated rings. The molecule has 1 amide bonds. The SMILES string of the molecule is Cc1cc(C(=O)NCCCOC(C)C)ccc1-n1cnnn1. The molecular weight excluding hydrogens is 282 g/mol. The number of tetrazole rings is 1. The monoisotopic (exact) mass is 303 g/mol. The third-order valence-corrected chi connectivity index (χ3v) is 3.11. The van der Waals surface area contributed by atoms with Crippen molar-refractivity contribution in [3.8, 4) is 5.69 Å². The van der Waals surface area contributed by atoms with Crippen molar-refractivity contribution < 1.29 is 9.53 Å². The van der Waals surface area contributed by atoms with Gasteiger partial charge in [-0.1, -0.05) is 0 Å². The second kappa shape index (κ2) is 7.65. The zero-order chi connectivity index (χ0) is 15.9. The molecule has 0 aliphatic heterocycles. The first-order valence-corrected chi connectivity index (χ1v) is 7.31. The number of benzene rings is 1. The molecule has 1 heterocycles. The van der Waals surface area contributed by atoms with Crippen LogP contribution in [0.4, 0.5) is 0 Å². The summed E-state index contributed by atoms with van der Waals surface area (Å²) in [5, 5.41) is 14.0. The van der Waals surface area contributed by atoms with Crippen molar-refractivity contribution in [2.45, 2.75) is 33.3 Å². The second-order valence-corrected chi connectivity index (χ2v) is 5.28. The summed E-state index contributed by atoms with van der Waals surface area (Å²) < 4.78 is 7.00. The van der Waals surface area contributed by atoms with Gasteiger partial charge in [0, 0.05) is 18.7 Å². The van der Waals surface area contributed by atoms with Crippen LogP contribution in [0, 0.1) is 6.92 Å². The van der Waals surface area contributed by atoms with E-state index >= 15 is 0 Å². The van der Waals surface area contributed by atoms with E-state index in [1.807, 2.05) is 32.9 Å². The van der Waals surface area contributed by atoms with Crippen LogP contribution in [0.25, 0.3) is 5.69 Å². The summed E-state index contributed by atoms with van der Waals surface area (Å²) in [6.07, 6.45) is 2.54. The van der Waals surface area contributed by atoms with Crippen molar-refractivity contribution in [3.05, 3.63) is 35.7 Å². The minimum absolute atomic E-state index is 0.0871. The van der Waals surface area contributed by atoms with E-state index in [0.29, 0.717) is 18.7 Å². The van der Waals surface area contributed by atoms with Gasteiger partial charge in [0.25, 0.3) is 5.91 Å². The highest BCUT2D eigenvalue weighted by Gasteiger charge is 2.09. The smallest absolute Gasteiger partial charge is 0.251 e. The topological polar surface area (TPSA) is 81.9 Å². The lowest BCUT2D eigenvalue weighted by Crippen LogP contribution is -2.25. The van der Waals surface area contributed by atoms with Crippen LogP contribution >= 0.6 is 0 Å². The minimum Gasteiger partial charge on any atom is -0.379 e. The Morgan fingerprint density at radius 1 is 1.41 bits per heavy atom. The average Bonchev–Trinajstić information content (AvgIpc) is 3.00. The second-order valence-electron chi connectivity index (χ2n) is 5.28. The Balaban J connectivity index is 1.90. The predicted molar refractivity (Wildman–Crippen MR) is 81.9 cm³/mol. The van der Waals surface area contributed by atoms with Gasteiger partial charge in [-0.05, 0) is 61.4 Å². The number of carbonyl (C=O) groups excluding carboxylic acids is 1. The maximum Gasteiger partial charge on any atom is 0.251 e. The van der Waals surface area contributed by atoms with Gasteiger partial charge in [-0.25, -0.2) is 4.68 Å².